The molecule has 0 aliphatic carbocycles. The highest BCUT2D eigenvalue weighted by Gasteiger charge is 2.28. The average Bonchev–Trinajstić information content (AvgIpc) is 3.16. The van der Waals surface area contributed by atoms with Crippen molar-refractivity contribution < 1.29 is 9.47 Å². The van der Waals surface area contributed by atoms with Gasteiger partial charge in [-0.3, -0.25) is 4.90 Å². The fourth-order valence-electron chi connectivity index (χ4n) is 3.10. The summed E-state index contributed by atoms with van der Waals surface area (Å²) in [6.45, 7) is 2.13. The third-order valence-electron chi connectivity index (χ3n) is 4.15. The highest BCUT2D eigenvalue weighted by Crippen LogP contribution is 2.40. The van der Waals surface area contributed by atoms with Crippen LogP contribution >= 0.6 is 27.3 Å². The molecule has 0 spiro atoms. The first-order chi connectivity index (χ1) is 10.7. The Morgan fingerprint density at radius 2 is 2.09 bits per heavy atom. The van der Waals surface area contributed by atoms with Crippen molar-refractivity contribution in [3.8, 4) is 11.5 Å². The third kappa shape index (κ3) is 3.31. The quantitative estimate of drug-likeness (QED) is 0.737. The molecule has 1 aromatic carbocycles. The summed E-state index contributed by atoms with van der Waals surface area (Å²) in [6.07, 6.45) is 2.40. The Hall–Kier alpha value is -1.04. The van der Waals surface area contributed by atoms with Gasteiger partial charge in [-0.1, -0.05) is 6.07 Å². The molecule has 2 aromatic rings. The number of nitrogens with zero attached hydrogens (tertiary/aromatic N) is 1. The van der Waals surface area contributed by atoms with Gasteiger partial charge < -0.3 is 9.47 Å². The minimum atomic E-state index is 0.418. The molecule has 1 fully saturated rings. The largest absolute Gasteiger partial charge is 0.497 e. The van der Waals surface area contributed by atoms with E-state index in [2.05, 4.69) is 39.0 Å². The molecular formula is C17H20BrNO2S. The fourth-order valence-corrected chi connectivity index (χ4v) is 4.61. The van der Waals surface area contributed by atoms with Crippen LogP contribution < -0.4 is 9.47 Å². The molecule has 1 unspecified atom stereocenters. The molecule has 3 nitrogen and oxygen atoms in total. The van der Waals surface area contributed by atoms with Gasteiger partial charge >= 0.3 is 0 Å². The summed E-state index contributed by atoms with van der Waals surface area (Å²) < 4.78 is 12.1. The minimum Gasteiger partial charge on any atom is -0.497 e. The van der Waals surface area contributed by atoms with Gasteiger partial charge in [-0.2, -0.15) is 0 Å². The highest BCUT2D eigenvalue weighted by atomic mass is 79.9. The second-order valence-corrected chi connectivity index (χ2v) is 7.99. The van der Waals surface area contributed by atoms with Crippen LogP contribution in [0, 0.1) is 0 Å². The fraction of sp³-hybridized carbons (Fsp3) is 0.412. The van der Waals surface area contributed by atoms with Crippen LogP contribution in [0.5, 0.6) is 11.5 Å². The predicted molar refractivity (Wildman–Crippen MR) is 94.0 cm³/mol. The van der Waals surface area contributed by atoms with Gasteiger partial charge in [0.25, 0.3) is 0 Å². The second kappa shape index (κ2) is 7.02. The Balaban J connectivity index is 1.83. The molecule has 2 heterocycles. The molecule has 5 heteroatoms. The standard InChI is InChI=1S/C17H20BrNO2S/c1-20-12-5-7-14(16(10-12)21-2)15-4-3-9-19(15)11-13-6-8-17(18)22-13/h5-8,10,15H,3-4,9,11H2,1-2H3. The number of benzene rings is 1. The molecule has 1 saturated heterocycles. The lowest BCUT2D eigenvalue weighted by Gasteiger charge is -2.26. The molecule has 1 aromatic heterocycles. The van der Waals surface area contributed by atoms with E-state index in [1.165, 1.54) is 27.1 Å². The lowest BCUT2D eigenvalue weighted by molar-refractivity contribution is 0.245. The Kier molecular flexibility index (Phi) is 5.06. The zero-order valence-electron chi connectivity index (χ0n) is 12.8. The van der Waals surface area contributed by atoms with Gasteiger partial charge in [-0.15, -0.1) is 11.3 Å². The van der Waals surface area contributed by atoms with Crippen LogP contribution in [0.3, 0.4) is 0 Å². The lowest BCUT2D eigenvalue weighted by Crippen LogP contribution is -2.22. The monoisotopic (exact) mass is 381 g/mol. The summed E-state index contributed by atoms with van der Waals surface area (Å²) in [6, 6.07) is 10.9. The highest BCUT2D eigenvalue weighted by molar-refractivity contribution is 9.11. The van der Waals surface area contributed by atoms with Gasteiger partial charge in [-0.25, -0.2) is 0 Å². The molecule has 1 aliphatic rings. The molecule has 22 heavy (non-hydrogen) atoms. The van der Waals surface area contributed by atoms with Crippen LogP contribution in [-0.2, 0) is 6.54 Å². The van der Waals surface area contributed by atoms with Gasteiger partial charge in [0.15, 0.2) is 0 Å². The van der Waals surface area contributed by atoms with E-state index >= 15 is 0 Å². The van der Waals surface area contributed by atoms with Crippen molar-refractivity contribution >= 4 is 27.3 Å². The molecule has 3 rings (SSSR count). The van der Waals surface area contributed by atoms with E-state index in [-0.39, 0.29) is 0 Å². The number of ether oxygens (including phenoxy) is 2. The van der Waals surface area contributed by atoms with Gasteiger partial charge in [-0.05, 0) is 53.5 Å². The first kappa shape index (κ1) is 15.8. The van der Waals surface area contributed by atoms with E-state index < -0.39 is 0 Å². The van der Waals surface area contributed by atoms with Gasteiger partial charge in [0.05, 0.1) is 18.0 Å². The summed E-state index contributed by atoms with van der Waals surface area (Å²) in [5.74, 6) is 1.76. The minimum absolute atomic E-state index is 0.418. The smallest absolute Gasteiger partial charge is 0.127 e. The van der Waals surface area contributed by atoms with Crippen LogP contribution in [0.15, 0.2) is 34.1 Å². The second-order valence-electron chi connectivity index (χ2n) is 5.44. The number of hydrogen-bond acceptors (Lipinski definition) is 4. The van der Waals surface area contributed by atoms with Crippen molar-refractivity contribution in [1.29, 1.82) is 0 Å². The Morgan fingerprint density at radius 1 is 1.23 bits per heavy atom. The number of likely N-dealkylation sites (tertiary alicyclic amines) is 1. The van der Waals surface area contributed by atoms with E-state index in [0.29, 0.717) is 6.04 Å². The molecule has 0 radical (unpaired) electrons. The van der Waals surface area contributed by atoms with Gasteiger partial charge in [0.1, 0.15) is 11.5 Å². The Bertz CT molecular complexity index is 643. The maximum absolute atomic E-state index is 5.59. The van der Waals surface area contributed by atoms with Gasteiger partial charge in [0, 0.05) is 29.1 Å². The van der Waals surface area contributed by atoms with Crippen molar-refractivity contribution in [2.24, 2.45) is 0 Å². The molecule has 0 amide bonds. The molecule has 0 N–H and O–H groups in total. The molecule has 1 atom stereocenters. The van der Waals surface area contributed by atoms with Gasteiger partial charge in [0.2, 0.25) is 0 Å². The zero-order chi connectivity index (χ0) is 15.5. The molecule has 118 valence electrons. The van der Waals surface area contributed by atoms with Crippen molar-refractivity contribution in [1.82, 2.24) is 4.90 Å². The van der Waals surface area contributed by atoms with Crippen molar-refractivity contribution in [3.63, 3.8) is 0 Å². The number of hydrogen-bond donors (Lipinski definition) is 0. The first-order valence-electron chi connectivity index (χ1n) is 7.41. The van der Waals surface area contributed by atoms with Crippen LogP contribution in [0.4, 0.5) is 0 Å². The predicted octanol–water partition coefficient (Wildman–Crippen LogP) is 4.86. The topological polar surface area (TPSA) is 21.7 Å². The lowest BCUT2D eigenvalue weighted by atomic mass is 10.0. The number of thiophene rings is 1. The summed E-state index contributed by atoms with van der Waals surface area (Å²) >= 11 is 5.36. The van der Waals surface area contributed by atoms with Crippen molar-refractivity contribution in [2.75, 3.05) is 20.8 Å². The van der Waals surface area contributed by atoms with Crippen LogP contribution in [0.2, 0.25) is 0 Å². The van der Waals surface area contributed by atoms with E-state index in [9.17, 15) is 0 Å². The zero-order valence-corrected chi connectivity index (χ0v) is 15.2. The Morgan fingerprint density at radius 3 is 2.77 bits per heavy atom. The van der Waals surface area contributed by atoms with Crippen molar-refractivity contribution in [3.05, 3.63) is 44.6 Å². The summed E-state index contributed by atoms with van der Waals surface area (Å²) in [5, 5.41) is 0. The number of halogens is 1. The molecule has 1 aliphatic heterocycles. The van der Waals surface area contributed by atoms with Crippen LogP contribution in [0.1, 0.15) is 29.3 Å². The summed E-state index contributed by atoms with van der Waals surface area (Å²) in [7, 11) is 3.42. The average molecular weight is 382 g/mol. The first-order valence-corrected chi connectivity index (χ1v) is 9.02. The van der Waals surface area contributed by atoms with E-state index in [1.54, 1.807) is 14.2 Å². The Labute approximate surface area is 144 Å². The molecular weight excluding hydrogens is 362 g/mol. The summed E-state index contributed by atoms with van der Waals surface area (Å²) in [5.41, 5.74) is 1.26. The normalized spacial score (nSPS) is 18.6. The third-order valence-corrected chi connectivity index (χ3v) is 5.76. The number of methoxy groups -OCH3 is 2. The van der Waals surface area contributed by atoms with E-state index in [1.807, 2.05) is 23.5 Å². The van der Waals surface area contributed by atoms with Crippen LogP contribution in [-0.4, -0.2) is 25.7 Å². The van der Waals surface area contributed by atoms with E-state index in [4.69, 9.17) is 9.47 Å². The molecule has 0 saturated carbocycles. The SMILES string of the molecule is COc1ccc(C2CCCN2Cc2ccc(Br)s2)c(OC)c1. The number of rotatable bonds is 5. The maximum Gasteiger partial charge on any atom is 0.127 e. The van der Waals surface area contributed by atoms with E-state index in [0.717, 1.165) is 24.6 Å². The maximum atomic E-state index is 5.59. The van der Waals surface area contributed by atoms with Crippen molar-refractivity contribution in [2.45, 2.75) is 25.4 Å². The summed E-state index contributed by atoms with van der Waals surface area (Å²) in [4.78, 5) is 3.94. The van der Waals surface area contributed by atoms with Crippen LogP contribution in [0.25, 0.3) is 0 Å². The molecule has 0 bridgehead atoms.